The first-order valence-electron chi connectivity index (χ1n) is 14.7. The lowest BCUT2D eigenvalue weighted by molar-refractivity contribution is -0.118. The van der Waals surface area contributed by atoms with E-state index >= 15 is 0 Å². The van der Waals surface area contributed by atoms with Crippen molar-refractivity contribution < 1.29 is 9.18 Å². The molecule has 0 aliphatic carbocycles. The highest BCUT2D eigenvalue weighted by atomic mass is 19.1. The second-order valence-electron chi connectivity index (χ2n) is 11.2. The molecule has 0 saturated carbocycles. The number of hydrogen-bond donors (Lipinski definition) is 0. The molecule has 2 aromatic carbocycles. The van der Waals surface area contributed by atoms with Crippen LogP contribution in [0, 0.1) is 36.5 Å². The number of nitriles is 2. The van der Waals surface area contributed by atoms with E-state index in [-0.39, 0.29) is 24.3 Å². The van der Waals surface area contributed by atoms with Crippen molar-refractivity contribution in [1.82, 2.24) is 14.7 Å². The van der Waals surface area contributed by atoms with E-state index in [9.17, 15) is 19.7 Å². The number of carbonyl (C=O) groups is 1. The van der Waals surface area contributed by atoms with E-state index in [1.807, 2.05) is 17.0 Å². The van der Waals surface area contributed by atoms with Crippen LogP contribution in [0.5, 0.6) is 0 Å². The van der Waals surface area contributed by atoms with Gasteiger partial charge in [-0.05, 0) is 69.5 Å². The van der Waals surface area contributed by atoms with Crippen molar-refractivity contribution in [2.24, 2.45) is 0 Å². The molecule has 0 spiro atoms. The van der Waals surface area contributed by atoms with Crippen LogP contribution in [-0.4, -0.2) is 66.6 Å². The number of amides is 1. The first-order valence-corrected chi connectivity index (χ1v) is 14.7. The number of nitrogens with zero attached hydrogens (tertiary/aromatic N) is 6. The number of likely N-dealkylation sites (tertiary alicyclic amines) is 1. The maximum absolute atomic E-state index is 13.6. The third-order valence-electron chi connectivity index (χ3n) is 7.83. The molecule has 0 unspecified atom stereocenters. The molecule has 2 aromatic rings. The van der Waals surface area contributed by atoms with E-state index in [4.69, 9.17) is 0 Å². The maximum atomic E-state index is 13.6. The molecule has 216 valence electrons. The van der Waals surface area contributed by atoms with Crippen LogP contribution < -0.4 is 4.90 Å². The van der Waals surface area contributed by atoms with Gasteiger partial charge in [0.2, 0.25) is 5.91 Å². The lowest BCUT2D eigenvalue weighted by Gasteiger charge is -2.28. The van der Waals surface area contributed by atoms with Crippen molar-refractivity contribution in [3.05, 3.63) is 76.1 Å². The molecule has 4 rings (SSSR count). The predicted molar refractivity (Wildman–Crippen MR) is 159 cm³/mol. The Hall–Kier alpha value is -3.88. The van der Waals surface area contributed by atoms with Gasteiger partial charge in [-0.3, -0.25) is 14.1 Å². The summed E-state index contributed by atoms with van der Waals surface area (Å²) >= 11 is 0. The minimum absolute atomic E-state index is 0.0547. The van der Waals surface area contributed by atoms with Gasteiger partial charge >= 0.3 is 0 Å². The van der Waals surface area contributed by atoms with Crippen molar-refractivity contribution in [3.63, 3.8) is 0 Å². The normalized spacial score (nSPS) is 15.5. The average Bonchev–Trinajstić information content (AvgIpc) is 3.35. The number of alkyl halides is 1. The van der Waals surface area contributed by atoms with Crippen LogP contribution in [-0.2, 0) is 17.9 Å². The van der Waals surface area contributed by atoms with Crippen LogP contribution in [0.2, 0.25) is 0 Å². The first-order chi connectivity index (χ1) is 19.9. The van der Waals surface area contributed by atoms with E-state index in [0.29, 0.717) is 38.5 Å². The van der Waals surface area contributed by atoms with Crippen LogP contribution in [0.4, 0.5) is 10.1 Å². The molecule has 0 radical (unpaired) electrons. The number of aryl methyl sites for hydroxylation is 2. The standard InChI is InChI=1S/C33H41FN6O/c1-26-18-27(2)20-29(19-26)25-39-17-16-38(33(39)30(22-35)23-36)15-10-32(41)40(14-7-11-34)31-9-6-8-28(21-31)24-37-12-4-3-5-13-37/h6,8-9,18-21H,3-5,7,10-17,24-25H2,1-2H3. The zero-order valence-electron chi connectivity index (χ0n) is 24.4. The van der Waals surface area contributed by atoms with E-state index in [0.717, 1.165) is 36.4 Å². The zero-order valence-corrected chi connectivity index (χ0v) is 24.4. The van der Waals surface area contributed by atoms with Gasteiger partial charge < -0.3 is 14.7 Å². The Kier molecular flexibility index (Phi) is 10.8. The summed E-state index contributed by atoms with van der Waals surface area (Å²) in [5.74, 6) is 0.497. The molecule has 1 amide bonds. The molecular formula is C33H41FN6O. The number of carbonyl (C=O) groups excluding carboxylic acids is 1. The van der Waals surface area contributed by atoms with Crippen molar-refractivity contribution in [2.45, 2.75) is 59.0 Å². The number of benzene rings is 2. The summed E-state index contributed by atoms with van der Waals surface area (Å²) in [4.78, 5) is 21.8. The Labute approximate surface area is 244 Å². The summed E-state index contributed by atoms with van der Waals surface area (Å²) in [6, 6.07) is 18.5. The van der Waals surface area contributed by atoms with Gasteiger partial charge in [0.1, 0.15) is 18.0 Å². The van der Waals surface area contributed by atoms with Crippen LogP contribution >= 0.6 is 0 Å². The zero-order chi connectivity index (χ0) is 29.2. The fourth-order valence-corrected chi connectivity index (χ4v) is 6.03. The first kappa shape index (κ1) is 30.1. The molecule has 2 fully saturated rings. The summed E-state index contributed by atoms with van der Waals surface area (Å²) in [6.45, 7) is 9.22. The van der Waals surface area contributed by atoms with E-state index in [1.165, 1.54) is 30.4 Å². The van der Waals surface area contributed by atoms with Crippen LogP contribution in [0.3, 0.4) is 0 Å². The maximum Gasteiger partial charge on any atom is 0.228 e. The number of anilines is 1. The van der Waals surface area contributed by atoms with E-state index in [1.54, 1.807) is 4.90 Å². The second-order valence-corrected chi connectivity index (χ2v) is 11.2. The Balaban J connectivity index is 1.47. The molecule has 0 atom stereocenters. The Morgan fingerprint density at radius 2 is 1.61 bits per heavy atom. The minimum atomic E-state index is -0.489. The third kappa shape index (κ3) is 8.08. The van der Waals surface area contributed by atoms with Crippen LogP contribution in [0.15, 0.2) is 53.9 Å². The fourth-order valence-electron chi connectivity index (χ4n) is 6.03. The molecule has 0 bridgehead atoms. The summed E-state index contributed by atoms with van der Waals surface area (Å²) in [5, 5.41) is 19.5. The summed E-state index contributed by atoms with van der Waals surface area (Å²) < 4.78 is 13.2. The van der Waals surface area contributed by atoms with Crippen LogP contribution in [0.1, 0.15) is 54.4 Å². The highest BCUT2D eigenvalue weighted by Crippen LogP contribution is 2.26. The third-order valence-corrected chi connectivity index (χ3v) is 7.83. The Bertz CT molecular complexity index is 1280. The summed E-state index contributed by atoms with van der Waals surface area (Å²) in [7, 11) is 0. The van der Waals surface area contributed by atoms with Gasteiger partial charge in [-0.1, -0.05) is 47.9 Å². The molecule has 2 saturated heterocycles. The fraction of sp³-hybridized carbons (Fsp3) is 0.485. The largest absolute Gasteiger partial charge is 0.354 e. The van der Waals surface area contributed by atoms with Gasteiger partial charge in [-0.25, -0.2) is 0 Å². The van der Waals surface area contributed by atoms with Crippen molar-refractivity contribution in [3.8, 4) is 12.1 Å². The topological polar surface area (TPSA) is 77.6 Å². The quantitative estimate of drug-likeness (QED) is 0.343. The highest BCUT2D eigenvalue weighted by molar-refractivity contribution is 5.93. The molecule has 2 heterocycles. The lowest BCUT2D eigenvalue weighted by atomic mass is 10.1. The number of halogens is 1. The lowest BCUT2D eigenvalue weighted by Crippen LogP contribution is -2.35. The van der Waals surface area contributed by atoms with Gasteiger partial charge in [0.05, 0.1) is 6.67 Å². The predicted octanol–water partition coefficient (Wildman–Crippen LogP) is 5.45. The van der Waals surface area contributed by atoms with E-state index in [2.05, 4.69) is 66.1 Å². The van der Waals surface area contributed by atoms with Gasteiger partial charge in [-0.15, -0.1) is 0 Å². The van der Waals surface area contributed by atoms with Crippen molar-refractivity contribution in [2.75, 3.05) is 50.8 Å². The summed E-state index contributed by atoms with van der Waals surface area (Å²) in [6.07, 6.45) is 4.19. The Morgan fingerprint density at radius 1 is 0.902 bits per heavy atom. The second kappa shape index (κ2) is 14.7. The van der Waals surface area contributed by atoms with Gasteiger partial charge in [-0.2, -0.15) is 10.5 Å². The Morgan fingerprint density at radius 3 is 2.29 bits per heavy atom. The number of piperidine rings is 1. The van der Waals surface area contributed by atoms with Gasteiger partial charge in [0.15, 0.2) is 5.57 Å². The van der Waals surface area contributed by atoms with Crippen LogP contribution in [0.25, 0.3) is 0 Å². The molecule has 0 aromatic heterocycles. The molecule has 2 aliphatic heterocycles. The average molecular weight is 557 g/mol. The highest BCUT2D eigenvalue weighted by Gasteiger charge is 2.29. The molecule has 8 heteroatoms. The molecule has 41 heavy (non-hydrogen) atoms. The van der Waals surface area contributed by atoms with Gasteiger partial charge in [0.25, 0.3) is 0 Å². The molecule has 7 nitrogen and oxygen atoms in total. The monoisotopic (exact) mass is 556 g/mol. The molecule has 2 aliphatic rings. The molecule has 0 N–H and O–H groups in total. The SMILES string of the molecule is Cc1cc(C)cc(CN2CCN(CCC(=O)N(CCCF)c3cccc(CN4CCCCC4)c3)C2=C(C#N)C#N)c1. The van der Waals surface area contributed by atoms with Crippen molar-refractivity contribution in [1.29, 1.82) is 10.5 Å². The van der Waals surface area contributed by atoms with Crippen molar-refractivity contribution >= 4 is 11.6 Å². The minimum Gasteiger partial charge on any atom is -0.354 e. The number of hydrogen-bond acceptors (Lipinski definition) is 6. The number of rotatable bonds is 11. The smallest absolute Gasteiger partial charge is 0.228 e. The van der Waals surface area contributed by atoms with Gasteiger partial charge in [0, 0.05) is 51.4 Å². The molecular weight excluding hydrogens is 515 g/mol. The number of allylic oxidation sites excluding steroid dienone is 1. The summed E-state index contributed by atoms with van der Waals surface area (Å²) in [5.41, 5.74) is 5.46. The van der Waals surface area contributed by atoms with E-state index < -0.39 is 6.67 Å².